The van der Waals surface area contributed by atoms with Crippen LogP contribution in [0, 0.1) is 5.92 Å². The van der Waals surface area contributed by atoms with Crippen LogP contribution in [0.4, 0.5) is 10.8 Å². The Morgan fingerprint density at radius 1 is 1.20 bits per heavy atom. The largest absolute Gasteiger partial charge is 0.462 e. The van der Waals surface area contributed by atoms with Gasteiger partial charge in [-0.05, 0) is 44.6 Å². The summed E-state index contributed by atoms with van der Waals surface area (Å²) in [5, 5.41) is 6.36. The summed E-state index contributed by atoms with van der Waals surface area (Å²) in [5.41, 5.74) is 2.08. The lowest BCUT2D eigenvalue weighted by Crippen LogP contribution is -2.14. The minimum atomic E-state index is -0.411. The van der Waals surface area contributed by atoms with E-state index in [4.69, 9.17) is 9.47 Å². The van der Waals surface area contributed by atoms with E-state index in [0.717, 1.165) is 24.8 Å². The molecule has 0 bridgehead atoms. The van der Waals surface area contributed by atoms with Gasteiger partial charge in [0.15, 0.2) is 0 Å². The number of aromatic nitrogens is 2. The maximum atomic E-state index is 12.8. The molecule has 4 rings (SSSR count). The van der Waals surface area contributed by atoms with Gasteiger partial charge < -0.3 is 14.8 Å². The third-order valence-electron chi connectivity index (χ3n) is 5.09. The number of nitrogens with one attached hydrogen (secondary N) is 1. The molecule has 0 fully saturated rings. The van der Waals surface area contributed by atoms with E-state index in [1.165, 1.54) is 22.5 Å². The van der Waals surface area contributed by atoms with Gasteiger partial charge in [0.2, 0.25) is 0 Å². The Morgan fingerprint density at radius 2 is 1.97 bits per heavy atom. The molecule has 0 radical (unpaired) electrons. The number of carbonyl (C=O) groups excluding carboxylic acids is 2. The fourth-order valence-electron chi connectivity index (χ4n) is 3.69. The van der Waals surface area contributed by atoms with Gasteiger partial charge in [0.1, 0.15) is 22.0 Å². The second-order valence-electron chi connectivity index (χ2n) is 7.17. The van der Waals surface area contributed by atoms with Gasteiger partial charge in [-0.2, -0.15) is 0 Å². The molecule has 3 heterocycles. The number of ether oxygens (including phenoxy) is 2. The zero-order chi connectivity index (χ0) is 21.3. The monoisotopic (exact) mass is 445 g/mol. The van der Waals surface area contributed by atoms with Crippen molar-refractivity contribution in [2.24, 2.45) is 5.92 Å². The van der Waals surface area contributed by atoms with Gasteiger partial charge in [-0.3, -0.25) is 0 Å². The molecule has 30 heavy (non-hydrogen) atoms. The lowest BCUT2D eigenvalue weighted by atomic mass is 9.88. The summed E-state index contributed by atoms with van der Waals surface area (Å²) >= 11 is 2.92. The molecule has 1 N–H and O–H groups in total. The maximum Gasteiger partial charge on any atom is 0.341 e. The van der Waals surface area contributed by atoms with Crippen molar-refractivity contribution in [1.29, 1.82) is 0 Å². The average molecular weight is 446 g/mol. The SMILES string of the molecule is CCOC(=O)c1c(Nc2ncnc3scc(C(=O)OCC)c23)sc2c1CCC(C)C2. The fourth-order valence-corrected chi connectivity index (χ4v) is 5.97. The Kier molecular flexibility index (Phi) is 6.01. The normalized spacial score (nSPS) is 15.6. The number of nitrogens with zero attached hydrogens (tertiary/aromatic N) is 2. The van der Waals surface area contributed by atoms with E-state index in [1.807, 2.05) is 0 Å². The number of hydrogen-bond acceptors (Lipinski definition) is 9. The third-order valence-corrected chi connectivity index (χ3v) is 7.14. The zero-order valence-electron chi connectivity index (χ0n) is 17.1. The molecule has 1 aliphatic rings. The molecule has 3 aromatic rings. The smallest absolute Gasteiger partial charge is 0.341 e. The van der Waals surface area contributed by atoms with E-state index in [9.17, 15) is 9.59 Å². The molecule has 0 saturated heterocycles. The van der Waals surface area contributed by atoms with Crippen LogP contribution in [-0.2, 0) is 22.3 Å². The van der Waals surface area contributed by atoms with Crippen molar-refractivity contribution in [2.45, 2.75) is 40.0 Å². The number of rotatable bonds is 6. The Morgan fingerprint density at radius 3 is 2.73 bits per heavy atom. The first-order chi connectivity index (χ1) is 14.5. The number of thiophene rings is 2. The zero-order valence-corrected chi connectivity index (χ0v) is 18.7. The van der Waals surface area contributed by atoms with Crippen LogP contribution < -0.4 is 5.32 Å². The van der Waals surface area contributed by atoms with E-state index in [1.54, 1.807) is 30.6 Å². The first kappa shape index (κ1) is 20.7. The standard InChI is InChI=1S/C21H23N3O4S2/c1-4-27-20(25)13-9-29-18-15(13)17(22-10-23-18)24-19-16(21(26)28-5-2)12-7-6-11(3)8-14(12)30-19/h9-11H,4-8H2,1-3H3,(H,22,23,24). The molecule has 158 valence electrons. The molecule has 1 aliphatic carbocycles. The van der Waals surface area contributed by atoms with Crippen LogP contribution in [0.25, 0.3) is 10.2 Å². The number of anilines is 2. The van der Waals surface area contributed by atoms with Crippen LogP contribution in [0.1, 0.15) is 58.3 Å². The molecular formula is C21H23N3O4S2. The summed E-state index contributed by atoms with van der Waals surface area (Å²) in [6, 6.07) is 0. The molecule has 0 aromatic carbocycles. The Hall–Kier alpha value is -2.52. The molecule has 0 aliphatic heterocycles. The van der Waals surface area contributed by atoms with Crippen LogP contribution in [0.5, 0.6) is 0 Å². The predicted molar refractivity (Wildman–Crippen MR) is 118 cm³/mol. The first-order valence-corrected chi connectivity index (χ1v) is 11.7. The van der Waals surface area contributed by atoms with E-state index >= 15 is 0 Å². The topological polar surface area (TPSA) is 90.4 Å². The molecule has 7 nitrogen and oxygen atoms in total. The van der Waals surface area contributed by atoms with E-state index < -0.39 is 5.97 Å². The number of fused-ring (bicyclic) bond motifs is 2. The summed E-state index contributed by atoms with van der Waals surface area (Å²) in [7, 11) is 0. The van der Waals surface area contributed by atoms with Crippen LogP contribution in [0.15, 0.2) is 11.7 Å². The predicted octanol–water partition coefficient (Wildman–Crippen LogP) is 4.97. The highest BCUT2D eigenvalue weighted by atomic mass is 32.1. The number of esters is 2. The highest BCUT2D eigenvalue weighted by molar-refractivity contribution is 7.17. The van der Waals surface area contributed by atoms with Crippen molar-refractivity contribution in [3.8, 4) is 0 Å². The molecule has 1 atom stereocenters. The van der Waals surface area contributed by atoms with Crippen molar-refractivity contribution >= 4 is 55.6 Å². The minimum Gasteiger partial charge on any atom is -0.462 e. The van der Waals surface area contributed by atoms with Gasteiger partial charge >= 0.3 is 11.9 Å². The lowest BCUT2D eigenvalue weighted by molar-refractivity contribution is 0.0518. The summed E-state index contributed by atoms with van der Waals surface area (Å²) in [4.78, 5) is 35.7. The van der Waals surface area contributed by atoms with Crippen molar-refractivity contribution < 1.29 is 19.1 Å². The molecule has 0 saturated carbocycles. The van der Waals surface area contributed by atoms with Gasteiger partial charge in [0.05, 0.1) is 29.7 Å². The maximum absolute atomic E-state index is 12.8. The number of carbonyl (C=O) groups is 2. The highest BCUT2D eigenvalue weighted by Gasteiger charge is 2.29. The van der Waals surface area contributed by atoms with Gasteiger partial charge in [0, 0.05) is 10.3 Å². The molecule has 0 amide bonds. The Balaban J connectivity index is 1.79. The highest BCUT2D eigenvalue weighted by Crippen LogP contribution is 2.42. The summed E-state index contributed by atoms with van der Waals surface area (Å²) in [5.74, 6) is 0.332. The first-order valence-electron chi connectivity index (χ1n) is 10.0. The van der Waals surface area contributed by atoms with Crippen LogP contribution >= 0.6 is 22.7 Å². The van der Waals surface area contributed by atoms with Gasteiger partial charge in [-0.15, -0.1) is 22.7 Å². The molecule has 1 unspecified atom stereocenters. The third kappa shape index (κ3) is 3.79. The molecule has 3 aromatic heterocycles. The van der Waals surface area contributed by atoms with Gasteiger partial charge in [-0.25, -0.2) is 19.6 Å². The van der Waals surface area contributed by atoms with Gasteiger partial charge in [0.25, 0.3) is 0 Å². The summed E-state index contributed by atoms with van der Waals surface area (Å²) < 4.78 is 10.5. The van der Waals surface area contributed by atoms with Crippen molar-refractivity contribution in [1.82, 2.24) is 9.97 Å². The Labute approximate surface area is 182 Å². The van der Waals surface area contributed by atoms with E-state index in [2.05, 4.69) is 22.2 Å². The molecule has 0 spiro atoms. The summed E-state index contributed by atoms with van der Waals surface area (Å²) in [6.07, 6.45) is 4.30. The Bertz CT molecular complexity index is 1110. The van der Waals surface area contributed by atoms with Crippen LogP contribution in [-0.4, -0.2) is 35.1 Å². The van der Waals surface area contributed by atoms with Gasteiger partial charge in [-0.1, -0.05) is 6.92 Å². The lowest BCUT2D eigenvalue weighted by Gasteiger charge is -2.18. The quantitative estimate of drug-likeness (QED) is 0.535. The minimum absolute atomic E-state index is 0.287. The van der Waals surface area contributed by atoms with Crippen LogP contribution in [0.2, 0.25) is 0 Å². The van der Waals surface area contributed by atoms with Crippen LogP contribution in [0.3, 0.4) is 0 Å². The van der Waals surface area contributed by atoms with Crippen molar-refractivity contribution in [3.05, 3.63) is 33.3 Å². The average Bonchev–Trinajstić information content (AvgIpc) is 3.30. The number of hydrogen-bond donors (Lipinski definition) is 1. The molecular weight excluding hydrogens is 422 g/mol. The fraction of sp³-hybridized carbons (Fsp3) is 0.429. The second-order valence-corrected chi connectivity index (χ2v) is 9.14. The molecule has 9 heteroatoms. The van der Waals surface area contributed by atoms with Crippen molar-refractivity contribution in [3.63, 3.8) is 0 Å². The van der Waals surface area contributed by atoms with Crippen molar-refractivity contribution in [2.75, 3.05) is 18.5 Å². The van der Waals surface area contributed by atoms with E-state index in [0.29, 0.717) is 44.7 Å². The summed E-state index contributed by atoms with van der Waals surface area (Å²) in [6.45, 7) is 6.40. The second kappa shape index (κ2) is 8.69. The van der Waals surface area contributed by atoms with E-state index in [-0.39, 0.29) is 12.6 Å².